The molecule has 2 N–H and O–H groups in total. The van der Waals surface area contributed by atoms with Crippen LogP contribution in [0.25, 0.3) is 0 Å². The van der Waals surface area contributed by atoms with Gasteiger partial charge in [0.05, 0.1) is 12.7 Å². The number of nitrogens with two attached hydrogens (primary N) is 1. The molecule has 0 saturated carbocycles. The zero-order chi connectivity index (χ0) is 11.4. The van der Waals surface area contributed by atoms with E-state index in [0.717, 1.165) is 11.1 Å². The molecule has 1 rings (SSSR count). The van der Waals surface area contributed by atoms with Crippen molar-refractivity contribution in [3.05, 3.63) is 28.8 Å². The van der Waals surface area contributed by atoms with Gasteiger partial charge in [-0.1, -0.05) is 6.07 Å². The first-order valence-corrected chi connectivity index (χ1v) is 4.99. The molecular formula is C12H17NO2. The molecule has 0 bridgehead atoms. The first-order chi connectivity index (χ1) is 7.11. The second kappa shape index (κ2) is 4.94. The summed E-state index contributed by atoms with van der Waals surface area (Å²) >= 11 is 0. The van der Waals surface area contributed by atoms with E-state index in [-0.39, 0.29) is 5.78 Å². The minimum Gasteiger partial charge on any atom is -0.496 e. The minimum absolute atomic E-state index is 0.0393. The van der Waals surface area contributed by atoms with E-state index in [1.54, 1.807) is 13.2 Å². The van der Waals surface area contributed by atoms with E-state index in [2.05, 4.69) is 0 Å². The molecule has 0 atom stereocenters. The minimum atomic E-state index is 0.0393. The number of ether oxygens (including phenoxy) is 1. The van der Waals surface area contributed by atoms with E-state index in [0.29, 0.717) is 24.3 Å². The number of hydrogen-bond acceptors (Lipinski definition) is 3. The van der Waals surface area contributed by atoms with Gasteiger partial charge in [0.1, 0.15) is 5.75 Å². The van der Waals surface area contributed by atoms with Gasteiger partial charge in [-0.2, -0.15) is 0 Å². The Morgan fingerprint density at radius 1 is 1.40 bits per heavy atom. The van der Waals surface area contributed by atoms with E-state index >= 15 is 0 Å². The number of ketones is 1. The lowest BCUT2D eigenvalue weighted by Gasteiger charge is -2.12. The molecule has 0 aromatic heterocycles. The van der Waals surface area contributed by atoms with Gasteiger partial charge < -0.3 is 10.5 Å². The molecule has 1 aromatic rings. The first-order valence-electron chi connectivity index (χ1n) is 4.99. The third-order valence-corrected chi connectivity index (χ3v) is 2.55. The predicted octanol–water partition coefficient (Wildman–Crippen LogP) is 1.84. The maximum atomic E-state index is 11.7. The van der Waals surface area contributed by atoms with Gasteiger partial charge >= 0.3 is 0 Å². The van der Waals surface area contributed by atoms with Crippen LogP contribution >= 0.6 is 0 Å². The summed E-state index contributed by atoms with van der Waals surface area (Å²) in [4.78, 5) is 11.7. The van der Waals surface area contributed by atoms with Gasteiger partial charge in [0.25, 0.3) is 0 Å². The maximum Gasteiger partial charge on any atom is 0.167 e. The van der Waals surface area contributed by atoms with Crippen molar-refractivity contribution < 1.29 is 9.53 Å². The molecule has 0 aliphatic heterocycles. The Bertz CT molecular complexity index is 372. The molecule has 82 valence electrons. The fraction of sp³-hybridized carbons (Fsp3) is 0.417. The third-order valence-electron chi connectivity index (χ3n) is 2.55. The normalized spacial score (nSPS) is 10.1. The van der Waals surface area contributed by atoms with Crippen LogP contribution < -0.4 is 10.5 Å². The van der Waals surface area contributed by atoms with Crippen LogP contribution in [0.2, 0.25) is 0 Å². The Morgan fingerprint density at radius 2 is 2.07 bits per heavy atom. The fourth-order valence-electron chi connectivity index (χ4n) is 1.54. The van der Waals surface area contributed by atoms with Gasteiger partial charge in [0, 0.05) is 6.42 Å². The van der Waals surface area contributed by atoms with Crippen molar-refractivity contribution in [2.75, 3.05) is 13.7 Å². The highest BCUT2D eigenvalue weighted by Gasteiger charge is 2.14. The van der Waals surface area contributed by atoms with E-state index in [4.69, 9.17) is 10.5 Å². The number of benzene rings is 1. The Labute approximate surface area is 90.2 Å². The lowest BCUT2D eigenvalue weighted by Crippen LogP contribution is -2.10. The first kappa shape index (κ1) is 11.7. The molecule has 0 heterocycles. The van der Waals surface area contributed by atoms with E-state index in [1.165, 1.54) is 0 Å². The van der Waals surface area contributed by atoms with Crippen LogP contribution in [0, 0.1) is 13.8 Å². The molecule has 3 nitrogen and oxygen atoms in total. The molecule has 0 unspecified atom stereocenters. The van der Waals surface area contributed by atoms with Gasteiger partial charge in [-0.05, 0) is 37.6 Å². The fourth-order valence-corrected chi connectivity index (χ4v) is 1.54. The molecule has 0 aliphatic carbocycles. The third kappa shape index (κ3) is 2.36. The zero-order valence-corrected chi connectivity index (χ0v) is 9.46. The van der Waals surface area contributed by atoms with Gasteiger partial charge in [0.2, 0.25) is 0 Å². The molecule has 0 aliphatic rings. The molecule has 0 radical (unpaired) electrons. The van der Waals surface area contributed by atoms with E-state index in [1.807, 2.05) is 19.9 Å². The molecule has 1 aromatic carbocycles. The van der Waals surface area contributed by atoms with Crippen LogP contribution in [0.4, 0.5) is 0 Å². The van der Waals surface area contributed by atoms with E-state index in [9.17, 15) is 4.79 Å². The highest BCUT2D eigenvalue weighted by Crippen LogP contribution is 2.26. The van der Waals surface area contributed by atoms with Crippen molar-refractivity contribution in [1.29, 1.82) is 0 Å². The van der Waals surface area contributed by atoms with Crippen LogP contribution in [-0.4, -0.2) is 19.4 Å². The molecule has 0 fully saturated rings. The smallest absolute Gasteiger partial charge is 0.167 e. The summed E-state index contributed by atoms with van der Waals surface area (Å²) < 4.78 is 5.26. The molecule has 15 heavy (non-hydrogen) atoms. The summed E-state index contributed by atoms with van der Waals surface area (Å²) in [6.45, 7) is 4.32. The number of methoxy groups -OCH3 is 1. The molecule has 0 amide bonds. The zero-order valence-electron chi connectivity index (χ0n) is 9.46. The lowest BCUT2D eigenvalue weighted by atomic mass is 10.0. The largest absolute Gasteiger partial charge is 0.496 e. The van der Waals surface area contributed by atoms with Gasteiger partial charge in [0.15, 0.2) is 5.78 Å². The number of Topliss-reactive ketones (excluding diaryl/α,β-unsaturated/α-hetero) is 1. The highest BCUT2D eigenvalue weighted by atomic mass is 16.5. The van der Waals surface area contributed by atoms with Crippen LogP contribution in [0.3, 0.4) is 0 Å². The van der Waals surface area contributed by atoms with Crippen LogP contribution in [0.1, 0.15) is 27.9 Å². The Kier molecular flexibility index (Phi) is 3.86. The van der Waals surface area contributed by atoms with Crippen LogP contribution in [0.5, 0.6) is 5.75 Å². The molecule has 3 heteroatoms. The lowest BCUT2D eigenvalue weighted by molar-refractivity contribution is 0.0982. The molecule has 0 spiro atoms. The number of rotatable bonds is 4. The summed E-state index contributed by atoms with van der Waals surface area (Å²) in [6.07, 6.45) is 0.360. The summed E-state index contributed by atoms with van der Waals surface area (Å²) in [5, 5.41) is 0. The summed E-state index contributed by atoms with van der Waals surface area (Å²) in [5.41, 5.74) is 8.13. The monoisotopic (exact) mass is 207 g/mol. The van der Waals surface area contributed by atoms with Crippen molar-refractivity contribution in [1.82, 2.24) is 0 Å². The van der Waals surface area contributed by atoms with Crippen molar-refractivity contribution >= 4 is 5.78 Å². The van der Waals surface area contributed by atoms with Crippen molar-refractivity contribution in [3.63, 3.8) is 0 Å². The number of carbonyl (C=O) groups is 1. The predicted molar refractivity (Wildman–Crippen MR) is 60.5 cm³/mol. The van der Waals surface area contributed by atoms with Crippen LogP contribution in [0.15, 0.2) is 12.1 Å². The Balaban J connectivity index is 3.18. The maximum absolute atomic E-state index is 11.7. The van der Waals surface area contributed by atoms with E-state index < -0.39 is 0 Å². The average Bonchev–Trinajstić information content (AvgIpc) is 2.22. The molecule has 0 saturated heterocycles. The average molecular weight is 207 g/mol. The summed E-state index contributed by atoms with van der Waals surface area (Å²) in [6, 6.07) is 3.74. The number of carbonyl (C=O) groups excluding carboxylic acids is 1. The second-order valence-electron chi connectivity index (χ2n) is 3.55. The topological polar surface area (TPSA) is 52.3 Å². The van der Waals surface area contributed by atoms with Crippen LogP contribution in [-0.2, 0) is 0 Å². The SMILES string of the molecule is COc1c(C(=O)CCN)ccc(C)c1C. The summed E-state index contributed by atoms with van der Waals surface area (Å²) in [5.74, 6) is 0.714. The highest BCUT2D eigenvalue weighted by molar-refractivity contribution is 5.99. The van der Waals surface area contributed by atoms with Crippen molar-refractivity contribution in [3.8, 4) is 5.75 Å². The van der Waals surface area contributed by atoms with Crippen molar-refractivity contribution in [2.45, 2.75) is 20.3 Å². The summed E-state index contributed by atoms with van der Waals surface area (Å²) in [7, 11) is 1.58. The quantitative estimate of drug-likeness (QED) is 0.766. The second-order valence-corrected chi connectivity index (χ2v) is 3.55. The van der Waals surface area contributed by atoms with Gasteiger partial charge in [-0.3, -0.25) is 4.79 Å². The molecular weight excluding hydrogens is 190 g/mol. The standard InChI is InChI=1S/C12H17NO2/c1-8-4-5-10(11(14)6-7-13)12(15-3)9(8)2/h4-5H,6-7,13H2,1-3H3. The van der Waals surface area contributed by atoms with Crippen molar-refractivity contribution in [2.24, 2.45) is 5.73 Å². The Hall–Kier alpha value is -1.35. The Morgan fingerprint density at radius 3 is 2.60 bits per heavy atom. The van der Waals surface area contributed by atoms with Gasteiger partial charge in [-0.15, -0.1) is 0 Å². The number of aryl methyl sites for hydroxylation is 1. The number of hydrogen-bond donors (Lipinski definition) is 1. The van der Waals surface area contributed by atoms with Gasteiger partial charge in [-0.25, -0.2) is 0 Å².